The van der Waals surface area contributed by atoms with Crippen molar-refractivity contribution in [3.05, 3.63) is 18.5 Å². The molecular formula is C30H37F3N8O4S. The van der Waals surface area contributed by atoms with Crippen LogP contribution in [0.2, 0.25) is 0 Å². The zero-order chi connectivity index (χ0) is 32.1. The number of anilines is 2. The summed E-state index contributed by atoms with van der Waals surface area (Å²) in [4.78, 5) is 21.4. The molecule has 46 heavy (non-hydrogen) atoms. The fourth-order valence-electron chi connectivity index (χ4n) is 6.90. The molecule has 3 saturated heterocycles. The fourth-order valence-corrected chi connectivity index (χ4v) is 7.80. The number of ether oxygens (including phenoxy) is 1. The highest BCUT2D eigenvalue weighted by Gasteiger charge is 2.57. The molecular weight excluding hydrogens is 625 g/mol. The van der Waals surface area contributed by atoms with E-state index in [9.17, 15) is 22.0 Å². The molecule has 5 aliphatic rings. The molecule has 3 aliphatic heterocycles. The highest BCUT2D eigenvalue weighted by molar-refractivity contribution is 7.91. The molecule has 0 bridgehead atoms. The molecule has 1 N–H and O–H groups in total. The van der Waals surface area contributed by atoms with E-state index in [0.29, 0.717) is 66.1 Å². The largest absolute Gasteiger partial charge is 0.357 e. The number of urea groups is 1. The number of hydrogen-bond donors (Lipinski definition) is 1. The number of nitrogens with one attached hydrogen (secondary N) is 1. The number of carbonyl (C=O) groups excluding carboxylic acids is 1. The highest BCUT2D eigenvalue weighted by atomic mass is 32.2. The summed E-state index contributed by atoms with van der Waals surface area (Å²) in [6, 6.07) is 1.13. The molecule has 1 unspecified atom stereocenters. The molecule has 12 nitrogen and oxygen atoms in total. The Kier molecular flexibility index (Phi) is 6.71. The maximum Gasteiger partial charge on any atom is 0.322 e. The van der Waals surface area contributed by atoms with Crippen molar-refractivity contribution in [2.75, 3.05) is 42.7 Å². The van der Waals surface area contributed by atoms with Crippen LogP contribution >= 0.6 is 0 Å². The second-order valence-electron chi connectivity index (χ2n) is 13.9. The second-order valence-corrected chi connectivity index (χ2v) is 16.2. The van der Waals surface area contributed by atoms with E-state index in [1.165, 1.54) is 11.2 Å². The molecule has 1 atom stereocenters. The summed E-state index contributed by atoms with van der Waals surface area (Å²) >= 11 is 0. The first-order valence-electron chi connectivity index (χ1n) is 16.0. The van der Waals surface area contributed by atoms with Crippen molar-refractivity contribution in [1.82, 2.24) is 29.4 Å². The summed E-state index contributed by atoms with van der Waals surface area (Å²) in [6.45, 7) is 0.539. The van der Waals surface area contributed by atoms with Gasteiger partial charge >= 0.3 is 6.03 Å². The van der Waals surface area contributed by atoms with Crippen LogP contribution < -0.4 is 10.2 Å². The van der Waals surface area contributed by atoms with E-state index < -0.39 is 44.8 Å². The number of carbonyl (C=O) groups is 1. The Morgan fingerprint density at radius 1 is 1.09 bits per heavy atom. The average molecular weight is 663 g/mol. The van der Waals surface area contributed by atoms with E-state index in [1.807, 2.05) is 4.90 Å². The standard InChI is InChI=1S/C30H37F3N8O4S/c1-46(43,44)19-14-38(15-19)26-20-13-34-21(12-23(20)41(37-26)17-28(31)5-6-28)25-22(16-40(36-25)24-4-2-3-11-45-24)35-27(42)39-18-30(32,33)10-9-29(39)7-8-29/h12-13,16,19,24H,2-11,14-15,17-18H2,1H3,(H,35,42). The molecule has 16 heteroatoms. The van der Waals surface area contributed by atoms with Gasteiger partial charge in [0.15, 0.2) is 15.7 Å². The van der Waals surface area contributed by atoms with E-state index >= 15 is 4.39 Å². The molecule has 3 aromatic heterocycles. The van der Waals surface area contributed by atoms with Crippen LogP contribution in [0.5, 0.6) is 0 Å². The zero-order valence-electron chi connectivity index (χ0n) is 25.6. The predicted octanol–water partition coefficient (Wildman–Crippen LogP) is 4.52. The lowest BCUT2D eigenvalue weighted by atomic mass is 9.97. The van der Waals surface area contributed by atoms with E-state index in [4.69, 9.17) is 14.9 Å². The van der Waals surface area contributed by atoms with Crippen LogP contribution in [-0.4, -0.2) is 98.8 Å². The monoisotopic (exact) mass is 662 g/mol. The van der Waals surface area contributed by atoms with E-state index in [-0.39, 0.29) is 38.7 Å². The maximum atomic E-state index is 15.1. The van der Waals surface area contributed by atoms with Crippen molar-refractivity contribution in [2.24, 2.45) is 0 Å². The third-order valence-corrected chi connectivity index (χ3v) is 11.8. The Morgan fingerprint density at radius 2 is 1.85 bits per heavy atom. The molecule has 2 amide bonds. The SMILES string of the molecule is CS(=O)(=O)C1CN(c2nn(CC3(F)CC3)c3cc(-c4nn(C5CCCCO5)cc4NC(=O)N4CC(F)(F)CCC45CC5)ncc23)C1. The van der Waals surface area contributed by atoms with Crippen LogP contribution in [-0.2, 0) is 21.1 Å². The number of sulfone groups is 1. The van der Waals surface area contributed by atoms with Crippen molar-refractivity contribution in [3.8, 4) is 11.4 Å². The first-order chi connectivity index (χ1) is 21.8. The zero-order valence-corrected chi connectivity index (χ0v) is 26.4. The molecule has 6 heterocycles. The minimum atomic E-state index is -3.21. The van der Waals surface area contributed by atoms with Gasteiger partial charge in [-0.25, -0.2) is 31.1 Å². The molecule has 5 fully saturated rings. The topological polar surface area (TPSA) is 127 Å². The van der Waals surface area contributed by atoms with Gasteiger partial charge in [-0.3, -0.25) is 9.67 Å². The fraction of sp³-hybridized carbons (Fsp3) is 0.667. The Hall–Kier alpha value is -3.40. The quantitative estimate of drug-likeness (QED) is 0.391. The van der Waals surface area contributed by atoms with Crippen molar-refractivity contribution in [2.45, 2.75) is 92.9 Å². The summed E-state index contributed by atoms with van der Waals surface area (Å²) in [7, 11) is -3.21. The van der Waals surface area contributed by atoms with Gasteiger partial charge < -0.3 is 19.9 Å². The number of pyridine rings is 1. The van der Waals surface area contributed by atoms with Crippen molar-refractivity contribution in [3.63, 3.8) is 0 Å². The third-order valence-electron chi connectivity index (χ3n) is 10.3. The van der Waals surface area contributed by atoms with Gasteiger partial charge in [-0.2, -0.15) is 10.2 Å². The van der Waals surface area contributed by atoms with Gasteiger partial charge in [-0.1, -0.05) is 0 Å². The number of rotatable bonds is 7. The van der Waals surface area contributed by atoms with Crippen molar-refractivity contribution in [1.29, 1.82) is 0 Å². The van der Waals surface area contributed by atoms with Gasteiger partial charge in [-0.05, 0) is 57.4 Å². The van der Waals surface area contributed by atoms with E-state index in [1.54, 1.807) is 27.8 Å². The minimum absolute atomic E-state index is 0.0372. The average Bonchev–Trinajstić information content (AvgIpc) is 3.85. The van der Waals surface area contributed by atoms with Gasteiger partial charge in [0.05, 0.1) is 46.8 Å². The molecule has 0 aromatic carbocycles. The predicted molar refractivity (Wildman–Crippen MR) is 163 cm³/mol. The van der Waals surface area contributed by atoms with Gasteiger partial charge in [0.25, 0.3) is 5.92 Å². The Morgan fingerprint density at radius 3 is 2.52 bits per heavy atom. The number of halogens is 3. The number of hydrogen-bond acceptors (Lipinski definition) is 8. The normalized spacial score (nSPS) is 25.1. The molecule has 0 radical (unpaired) electrons. The summed E-state index contributed by atoms with van der Waals surface area (Å²) in [6.07, 6.45) is 9.02. The first-order valence-corrected chi connectivity index (χ1v) is 17.9. The van der Waals surface area contributed by atoms with Crippen LogP contribution in [0.4, 0.5) is 29.5 Å². The third kappa shape index (κ3) is 5.40. The molecule has 3 aromatic rings. The van der Waals surface area contributed by atoms with Gasteiger partial charge in [-0.15, -0.1) is 0 Å². The molecule has 8 rings (SSSR count). The lowest BCUT2D eigenvalue weighted by molar-refractivity contribution is -0.0721. The number of alkyl halides is 3. The smallest absolute Gasteiger partial charge is 0.322 e. The minimum Gasteiger partial charge on any atom is -0.357 e. The lowest BCUT2D eigenvalue weighted by Gasteiger charge is -2.40. The number of aromatic nitrogens is 5. The van der Waals surface area contributed by atoms with E-state index in [2.05, 4.69) is 10.3 Å². The Bertz CT molecular complexity index is 1810. The van der Waals surface area contributed by atoms with Gasteiger partial charge in [0.2, 0.25) is 0 Å². The molecule has 1 spiro atoms. The highest BCUT2D eigenvalue weighted by Crippen LogP contribution is 2.51. The number of amides is 2. The number of piperidine rings is 1. The van der Waals surface area contributed by atoms with Crippen LogP contribution in [0, 0.1) is 0 Å². The summed E-state index contributed by atoms with van der Waals surface area (Å²) in [5, 5.41) is 12.5. The Balaban J connectivity index is 1.16. The summed E-state index contributed by atoms with van der Waals surface area (Å²) < 4.78 is 77.3. The van der Waals surface area contributed by atoms with Crippen LogP contribution in [0.15, 0.2) is 18.5 Å². The van der Waals surface area contributed by atoms with Gasteiger partial charge in [0, 0.05) is 44.1 Å². The molecule has 2 saturated carbocycles. The summed E-state index contributed by atoms with van der Waals surface area (Å²) in [5.41, 5.74) is -0.276. The van der Waals surface area contributed by atoms with Crippen molar-refractivity contribution < 1.29 is 31.1 Å². The maximum absolute atomic E-state index is 15.1. The lowest BCUT2D eigenvalue weighted by Crippen LogP contribution is -2.54. The van der Waals surface area contributed by atoms with Crippen LogP contribution in [0.25, 0.3) is 22.3 Å². The number of fused-ring (bicyclic) bond motifs is 1. The second kappa shape index (κ2) is 10.3. The van der Waals surface area contributed by atoms with E-state index in [0.717, 1.165) is 19.3 Å². The summed E-state index contributed by atoms with van der Waals surface area (Å²) in [5.74, 6) is -2.42. The van der Waals surface area contributed by atoms with Crippen LogP contribution in [0.1, 0.15) is 64.0 Å². The van der Waals surface area contributed by atoms with Crippen molar-refractivity contribution >= 4 is 38.3 Å². The number of likely N-dealkylation sites (tertiary alicyclic amines) is 1. The molecule has 248 valence electrons. The number of nitrogens with zero attached hydrogens (tertiary/aromatic N) is 7. The first kappa shape index (κ1) is 30.0. The van der Waals surface area contributed by atoms with Crippen LogP contribution in [0.3, 0.4) is 0 Å². The molecule has 2 aliphatic carbocycles. The Labute approximate surface area is 264 Å². The van der Waals surface area contributed by atoms with Gasteiger partial charge in [0.1, 0.15) is 17.6 Å².